The molecule has 0 spiro atoms. The van der Waals surface area contributed by atoms with Crippen LogP contribution in [0.25, 0.3) is 11.0 Å². The highest BCUT2D eigenvalue weighted by Gasteiger charge is 2.30. The highest BCUT2D eigenvalue weighted by Crippen LogP contribution is 2.43. The second kappa shape index (κ2) is 5.87. The fourth-order valence-corrected chi connectivity index (χ4v) is 3.56. The molecule has 0 aliphatic heterocycles. The Bertz CT molecular complexity index is 787. The summed E-state index contributed by atoms with van der Waals surface area (Å²) in [5.74, 6) is 2.51. The summed E-state index contributed by atoms with van der Waals surface area (Å²) in [5.41, 5.74) is 3.15. The molecule has 2 fully saturated rings. The van der Waals surface area contributed by atoms with Crippen LogP contribution >= 0.6 is 0 Å². The number of ketones is 1. The van der Waals surface area contributed by atoms with Crippen LogP contribution in [0.2, 0.25) is 0 Å². The van der Waals surface area contributed by atoms with Gasteiger partial charge in [-0.05, 0) is 50.0 Å². The number of carbonyl (C=O) groups excluding carboxylic acids is 1. The van der Waals surface area contributed by atoms with Crippen molar-refractivity contribution < 1.29 is 9.53 Å². The molecule has 0 saturated heterocycles. The van der Waals surface area contributed by atoms with Crippen molar-refractivity contribution in [3.8, 4) is 5.88 Å². The van der Waals surface area contributed by atoms with E-state index in [2.05, 4.69) is 23.9 Å². The van der Waals surface area contributed by atoms with Gasteiger partial charge in [-0.15, -0.1) is 0 Å². The monoisotopic (exact) mass is 327 g/mol. The molecule has 5 heteroatoms. The summed E-state index contributed by atoms with van der Waals surface area (Å²) in [5, 5.41) is 5.80. The molecule has 2 aromatic rings. The van der Waals surface area contributed by atoms with E-state index >= 15 is 0 Å². The topological polar surface area (TPSA) is 57.0 Å². The average Bonchev–Trinajstić information content (AvgIpc) is 3.44. The number of pyridine rings is 1. The Morgan fingerprint density at radius 2 is 2.12 bits per heavy atom. The van der Waals surface area contributed by atoms with Gasteiger partial charge in [-0.2, -0.15) is 10.1 Å². The molecule has 0 N–H and O–H groups in total. The van der Waals surface area contributed by atoms with Gasteiger partial charge in [-0.25, -0.2) is 0 Å². The van der Waals surface area contributed by atoms with Crippen molar-refractivity contribution >= 4 is 16.8 Å². The molecule has 2 heterocycles. The third kappa shape index (κ3) is 3.04. The maximum absolute atomic E-state index is 12.1. The lowest BCUT2D eigenvalue weighted by molar-refractivity contribution is -0.122. The molecule has 24 heavy (non-hydrogen) atoms. The van der Waals surface area contributed by atoms with Gasteiger partial charge < -0.3 is 4.74 Å². The lowest BCUT2D eigenvalue weighted by Gasteiger charge is -2.10. The molecule has 128 valence electrons. The SMILES string of the molecule is Cc1cc(OCC(=O)CC(C)C2CC2)nc2c1c(C1CC1)nn2C. The molecule has 2 aliphatic rings. The van der Waals surface area contributed by atoms with Crippen LogP contribution in [0, 0.1) is 18.8 Å². The third-order valence-corrected chi connectivity index (χ3v) is 5.32. The first kappa shape index (κ1) is 15.6. The smallest absolute Gasteiger partial charge is 0.215 e. The second-order valence-electron chi connectivity index (χ2n) is 7.61. The van der Waals surface area contributed by atoms with Crippen molar-refractivity contribution in [3.63, 3.8) is 0 Å². The van der Waals surface area contributed by atoms with Gasteiger partial charge in [0.1, 0.15) is 6.61 Å². The minimum Gasteiger partial charge on any atom is -0.470 e. The Balaban J connectivity index is 1.48. The Kier molecular flexibility index (Phi) is 3.82. The minimum atomic E-state index is 0.113. The van der Waals surface area contributed by atoms with Gasteiger partial charge in [0.2, 0.25) is 5.88 Å². The van der Waals surface area contributed by atoms with E-state index < -0.39 is 0 Å². The number of rotatable bonds is 7. The molecule has 0 bridgehead atoms. The predicted molar refractivity (Wildman–Crippen MR) is 92.2 cm³/mol. The number of carbonyl (C=O) groups is 1. The van der Waals surface area contributed by atoms with Crippen LogP contribution in [0.4, 0.5) is 0 Å². The number of aryl methyl sites for hydroxylation is 2. The highest BCUT2D eigenvalue weighted by atomic mass is 16.5. The Morgan fingerprint density at radius 3 is 2.79 bits per heavy atom. The second-order valence-corrected chi connectivity index (χ2v) is 7.61. The van der Waals surface area contributed by atoms with E-state index in [0.29, 0.717) is 24.1 Å². The Morgan fingerprint density at radius 1 is 1.38 bits per heavy atom. The molecule has 0 radical (unpaired) electrons. The lowest BCUT2D eigenvalue weighted by atomic mass is 10.00. The number of Topliss-reactive ketones (excluding diaryl/α,β-unsaturated/α-hetero) is 1. The van der Waals surface area contributed by atoms with E-state index in [4.69, 9.17) is 4.74 Å². The normalized spacial score (nSPS) is 18.8. The molecular weight excluding hydrogens is 302 g/mol. The van der Waals surface area contributed by atoms with Gasteiger partial charge in [0.15, 0.2) is 11.4 Å². The van der Waals surface area contributed by atoms with E-state index in [9.17, 15) is 4.79 Å². The number of hydrogen-bond acceptors (Lipinski definition) is 4. The van der Waals surface area contributed by atoms with Gasteiger partial charge in [0, 0.05) is 30.8 Å². The molecule has 0 amide bonds. The maximum Gasteiger partial charge on any atom is 0.215 e. The van der Waals surface area contributed by atoms with E-state index in [-0.39, 0.29) is 12.4 Å². The van der Waals surface area contributed by atoms with Gasteiger partial charge >= 0.3 is 0 Å². The highest BCUT2D eigenvalue weighted by molar-refractivity contribution is 5.84. The van der Waals surface area contributed by atoms with Crippen molar-refractivity contribution in [1.82, 2.24) is 14.8 Å². The maximum atomic E-state index is 12.1. The van der Waals surface area contributed by atoms with Crippen LogP contribution in [-0.4, -0.2) is 27.2 Å². The third-order valence-electron chi connectivity index (χ3n) is 5.32. The van der Waals surface area contributed by atoms with Crippen molar-refractivity contribution in [2.24, 2.45) is 18.9 Å². The van der Waals surface area contributed by atoms with E-state index in [1.807, 2.05) is 17.8 Å². The minimum absolute atomic E-state index is 0.113. The van der Waals surface area contributed by atoms with Crippen LogP contribution in [-0.2, 0) is 11.8 Å². The molecule has 2 aliphatic carbocycles. The zero-order chi connectivity index (χ0) is 16.8. The van der Waals surface area contributed by atoms with Crippen LogP contribution < -0.4 is 4.74 Å². The van der Waals surface area contributed by atoms with Gasteiger partial charge in [-0.1, -0.05) is 6.92 Å². The first-order valence-electron chi connectivity index (χ1n) is 9.01. The zero-order valence-electron chi connectivity index (χ0n) is 14.7. The molecule has 2 saturated carbocycles. The van der Waals surface area contributed by atoms with E-state index in [1.165, 1.54) is 31.4 Å². The molecule has 1 unspecified atom stereocenters. The number of fused-ring (bicyclic) bond motifs is 1. The quantitative estimate of drug-likeness (QED) is 0.780. The lowest BCUT2D eigenvalue weighted by Crippen LogP contribution is -2.16. The average molecular weight is 327 g/mol. The number of nitrogens with zero attached hydrogens (tertiary/aromatic N) is 3. The van der Waals surface area contributed by atoms with Gasteiger partial charge in [0.05, 0.1) is 5.69 Å². The fraction of sp³-hybridized carbons (Fsp3) is 0.632. The van der Waals surface area contributed by atoms with E-state index in [1.54, 1.807) is 0 Å². The van der Waals surface area contributed by atoms with Gasteiger partial charge in [0.25, 0.3) is 0 Å². The van der Waals surface area contributed by atoms with Crippen LogP contribution in [0.1, 0.15) is 56.2 Å². The van der Waals surface area contributed by atoms with Crippen LogP contribution in [0.15, 0.2) is 6.07 Å². The molecule has 2 aromatic heterocycles. The van der Waals surface area contributed by atoms with Crippen LogP contribution in [0.3, 0.4) is 0 Å². The largest absolute Gasteiger partial charge is 0.470 e. The number of aromatic nitrogens is 3. The summed E-state index contributed by atoms with van der Waals surface area (Å²) in [6, 6.07) is 1.94. The summed E-state index contributed by atoms with van der Waals surface area (Å²) < 4.78 is 7.53. The van der Waals surface area contributed by atoms with Crippen molar-refractivity contribution in [3.05, 3.63) is 17.3 Å². The molecule has 4 rings (SSSR count). The fourth-order valence-electron chi connectivity index (χ4n) is 3.56. The van der Waals surface area contributed by atoms with Crippen molar-refractivity contribution in [2.45, 2.75) is 51.9 Å². The van der Waals surface area contributed by atoms with Crippen molar-refractivity contribution in [1.29, 1.82) is 0 Å². The summed E-state index contributed by atoms with van der Waals surface area (Å²) in [7, 11) is 1.92. The molecular formula is C19H25N3O2. The predicted octanol–water partition coefficient (Wildman–Crippen LogP) is 3.54. The van der Waals surface area contributed by atoms with Crippen molar-refractivity contribution in [2.75, 3.05) is 6.61 Å². The summed E-state index contributed by atoms with van der Waals surface area (Å²) in [4.78, 5) is 16.7. The molecule has 1 atom stereocenters. The van der Waals surface area contributed by atoms with Crippen LogP contribution in [0.5, 0.6) is 5.88 Å². The van der Waals surface area contributed by atoms with E-state index in [0.717, 1.165) is 22.5 Å². The molecule has 5 nitrogen and oxygen atoms in total. The summed E-state index contributed by atoms with van der Waals surface area (Å²) in [6.07, 6.45) is 5.60. The number of hydrogen-bond donors (Lipinski definition) is 0. The molecule has 0 aromatic carbocycles. The first-order chi connectivity index (χ1) is 11.5. The standard InChI is InChI=1S/C19H25N3O2/c1-11(13-4-5-13)8-15(23)10-24-16-9-12(2)17-18(14-6-7-14)21-22(3)19(17)20-16/h9,11,13-14H,4-8,10H2,1-3H3. The zero-order valence-corrected chi connectivity index (χ0v) is 14.7. The van der Waals surface area contributed by atoms with Gasteiger partial charge in [-0.3, -0.25) is 9.48 Å². The Labute approximate surface area is 142 Å². The Hall–Kier alpha value is -1.91. The first-order valence-corrected chi connectivity index (χ1v) is 9.01. The summed E-state index contributed by atoms with van der Waals surface area (Å²) in [6.45, 7) is 4.35. The summed E-state index contributed by atoms with van der Waals surface area (Å²) >= 11 is 0. The number of ether oxygens (including phenoxy) is 1.